The third-order valence-corrected chi connectivity index (χ3v) is 5.42. The first-order valence-corrected chi connectivity index (χ1v) is 10.1. The van der Waals surface area contributed by atoms with E-state index < -0.39 is 17.8 Å². The predicted molar refractivity (Wildman–Crippen MR) is 118 cm³/mol. The molecule has 9 heteroatoms. The molecule has 0 unspecified atom stereocenters. The molecule has 32 heavy (non-hydrogen) atoms. The molecule has 2 aromatic carbocycles. The van der Waals surface area contributed by atoms with Gasteiger partial charge in [0, 0.05) is 5.56 Å². The SMILES string of the molecule is COC(=O)C[C@@H]1C[C@@H](COc2ccc(-c3ccc(C(=N)N)cc3)cc2)N(CC(N)=O)C1=O. The average Bonchev–Trinajstić information content (AvgIpc) is 3.06. The Kier molecular flexibility index (Phi) is 7.09. The number of hydrogen-bond donors (Lipinski definition) is 3. The van der Waals surface area contributed by atoms with Gasteiger partial charge in [0.05, 0.1) is 32.0 Å². The Hall–Kier alpha value is -3.88. The summed E-state index contributed by atoms with van der Waals surface area (Å²) >= 11 is 0. The maximum Gasteiger partial charge on any atom is 0.306 e. The van der Waals surface area contributed by atoms with E-state index in [1.807, 2.05) is 36.4 Å². The van der Waals surface area contributed by atoms with Crippen LogP contribution in [0.2, 0.25) is 0 Å². The number of methoxy groups -OCH3 is 1. The number of nitrogens with zero attached hydrogens (tertiary/aromatic N) is 1. The molecule has 1 aliphatic rings. The third-order valence-electron chi connectivity index (χ3n) is 5.42. The Balaban J connectivity index is 1.65. The molecule has 0 spiro atoms. The van der Waals surface area contributed by atoms with Crippen molar-refractivity contribution >= 4 is 23.6 Å². The van der Waals surface area contributed by atoms with Gasteiger partial charge in [-0.05, 0) is 29.7 Å². The Morgan fingerprint density at radius 3 is 2.19 bits per heavy atom. The van der Waals surface area contributed by atoms with Gasteiger partial charge in [0.15, 0.2) is 0 Å². The van der Waals surface area contributed by atoms with Gasteiger partial charge in [-0.1, -0.05) is 36.4 Å². The van der Waals surface area contributed by atoms with E-state index in [0.717, 1.165) is 11.1 Å². The van der Waals surface area contributed by atoms with Gasteiger partial charge in [0.2, 0.25) is 11.8 Å². The van der Waals surface area contributed by atoms with Crippen molar-refractivity contribution in [2.75, 3.05) is 20.3 Å². The second-order valence-electron chi connectivity index (χ2n) is 7.63. The van der Waals surface area contributed by atoms with Crippen molar-refractivity contribution in [2.45, 2.75) is 18.9 Å². The van der Waals surface area contributed by atoms with Gasteiger partial charge in [-0.25, -0.2) is 0 Å². The van der Waals surface area contributed by atoms with Gasteiger partial charge >= 0.3 is 5.97 Å². The summed E-state index contributed by atoms with van der Waals surface area (Å²) in [6.07, 6.45) is 0.333. The van der Waals surface area contributed by atoms with Gasteiger partial charge in [-0.3, -0.25) is 19.8 Å². The second-order valence-corrected chi connectivity index (χ2v) is 7.63. The summed E-state index contributed by atoms with van der Waals surface area (Å²) in [5.74, 6) is -1.33. The highest BCUT2D eigenvalue weighted by Gasteiger charge is 2.41. The zero-order valence-electron chi connectivity index (χ0n) is 17.7. The minimum atomic E-state index is -0.623. The smallest absolute Gasteiger partial charge is 0.306 e. The fourth-order valence-corrected chi connectivity index (χ4v) is 3.74. The van der Waals surface area contributed by atoms with Crippen molar-refractivity contribution in [3.05, 3.63) is 54.1 Å². The molecule has 9 nitrogen and oxygen atoms in total. The molecule has 3 rings (SSSR count). The highest BCUT2D eigenvalue weighted by Crippen LogP contribution is 2.29. The summed E-state index contributed by atoms with van der Waals surface area (Å²) in [7, 11) is 1.27. The van der Waals surface area contributed by atoms with Gasteiger partial charge < -0.3 is 25.8 Å². The summed E-state index contributed by atoms with van der Waals surface area (Å²) < 4.78 is 10.5. The molecule has 168 valence electrons. The van der Waals surface area contributed by atoms with E-state index in [2.05, 4.69) is 4.74 Å². The number of carbonyl (C=O) groups is 3. The summed E-state index contributed by atoms with van der Waals surface area (Å²) in [4.78, 5) is 37.0. The topological polar surface area (TPSA) is 149 Å². The lowest BCUT2D eigenvalue weighted by Gasteiger charge is -2.23. The lowest BCUT2D eigenvalue weighted by atomic mass is 10.0. The van der Waals surface area contributed by atoms with E-state index in [9.17, 15) is 14.4 Å². The van der Waals surface area contributed by atoms with E-state index in [-0.39, 0.29) is 37.4 Å². The number of amides is 2. The summed E-state index contributed by atoms with van der Waals surface area (Å²) in [5.41, 5.74) is 13.4. The molecule has 1 saturated heterocycles. The van der Waals surface area contributed by atoms with Crippen molar-refractivity contribution < 1.29 is 23.9 Å². The monoisotopic (exact) mass is 438 g/mol. The van der Waals surface area contributed by atoms with Crippen LogP contribution in [0.15, 0.2) is 48.5 Å². The van der Waals surface area contributed by atoms with Crippen molar-refractivity contribution in [2.24, 2.45) is 17.4 Å². The predicted octanol–water partition coefficient (Wildman–Crippen LogP) is 1.28. The van der Waals surface area contributed by atoms with Crippen LogP contribution in [0.4, 0.5) is 0 Å². The largest absolute Gasteiger partial charge is 0.491 e. The maximum atomic E-state index is 12.6. The number of nitrogen functional groups attached to an aromatic ring is 1. The van der Waals surface area contributed by atoms with Crippen LogP contribution >= 0.6 is 0 Å². The molecule has 0 saturated carbocycles. The number of ether oxygens (including phenoxy) is 2. The van der Waals surface area contributed by atoms with E-state index in [1.165, 1.54) is 12.0 Å². The van der Waals surface area contributed by atoms with Crippen molar-refractivity contribution in [3.63, 3.8) is 0 Å². The van der Waals surface area contributed by atoms with Crippen LogP contribution in [0.3, 0.4) is 0 Å². The fraction of sp³-hybridized carbons (Fsp3) is 0.304. The number of esters is 1. The summed E-state index contributed by atoms with van der Waals surface area (Å²) in [6, 6.07) is 14.4. The molecule has 2 amide bonds. The molecule has 1 aliphatic heterocycles. The first-order chi connectivity index (χ1) is 15.3. The van der Waals surface area contributed by atoms with Gasteiger partial charge in [0.25, 0.3) is 0 Å². The molecule has 5 N–H and O–H groups in total. The van der Waals surface area contributed by atoms with E-state index in [4.69, 9.17) is 21.6 Å². The Morgan fingerprint density at radius 2 is 1.66 bits per heavy atom. The van der Waals surface area contributed by atoms with E-state index in [0.29, 0.717) is 17.7 Å². The van der Waals surface area contributed by atoms with Crippen LogP contribution in [0.1, 0.15) is 18.4 Å². The molecule has 0 aromatic heterocycles. The number of carbonyl (C=O) groups excluding carboxylic acids is 3. The number of rotatable bonds is 9. The number of nitrogens with one attached hydrogen (secondary N) is 1. The van der Waals surface area contributed by atoms with Crippen molar-refractivity contribution in [3.8, 4) is 16.9 Å². The summed E-state index contributed by atoms with van der Waals surface area (Å²) in [5, 5.41) is 7.46. The quantitative estimate of drug-likeness (QED) is 0.305. The Morgan fingerprint density at radius 1 is 1.06 bits per heavy atom. The minimum absolute atomic E-state index is 0.0184. The average molecular weight is 438 g/mol. The first-order valence-electron chi connectivity index (χ1n) is 10.1. The molecule has 0 radical (unpaired) electrons. The second kappa shape index (κ2) is 9.95. The van der Waals surface area contributed by atoms with Crippen LogP contribution in [0, 0.1) is 11.3 Å². The Bertz CT molecular complexity index is 1000. The molecule has 0 aliphatic carbocycles. The molecule has 2 aromatic rings. The third kappa shape index (κ3) is 5.42. The van der Waals surface area contributed by atoms with E-state index in [1.54, 1.807) is 12.1 Å². The first kappa shape index (κ1) is 22.8. The van der Waals surface area contributed by atoms with Gasteiger partial charge in [0.1, 0.15) is 18.2 Å². The molecule has 2 atom stereocenters. The molecule has 0 bridgehead atoms. The minimum Gasteiger partial charge on any atom is -0.491 e. The van der Waals surface area contributed by atoms with Crippen LogP contribution in [0.25, 0.3) is 11.1 Å². The van der Waals surface area contributed by atoms with Gasteiger partial charge in [-0.2, -0.15) is 0 Å². The molecule has 1 heterocycles. The van der Waals surface area contributed by atoms with Crippen LogP contribution in [-0.2, 0) is 19.1 Å². The van der Waals surface area contributed by atoms with Crippen molar-refractivity contribution in [1.82, 2.24) is 4.90 Å². The number of nitrogens with two attached hydrogens (primary N) is 2. The lowest BCUT2D eigenvalue weighted by molar-refractivity contribution is -0.145. The number of amidine groups is 1. The van der Waals surface area contributed by atoms with Crippen molar-refractivity contribution in [1.29, 1.82) is 5.41 Å². The maximum absolute atomic E-state index is 12.6. The van der Waals surface area contributed by atoms with Gasteiger partial charge in [-0.15, -0.1) is 0 Å². The normalized spacial score (nSPS) is 17.8. The molecular weight excluding hydrogens is 412 g/mol. The zero-order valence-corrected chi connectivity index (χ0v) is 17.7. The highest BCUT2D eigenvalue weighted by molar-refractivity contribution is 5.95. The van der Waals surface area contributed by atoms with Crippen LogP contribution < -0.4 is 16.2 Å². The fourth-order valence-electron chi connectivity index (χ4n) is 3.74. The number of hydrogen-bond acceptors (Lipinski definition) is 6. The highest BCUT2D eigenvalue weighted by atomic mass is 16.5. The molecular formula is C23H26N4O5. The molecule has 1 fully saturated rings. The van der Waals surface area contributed by atoms with E-state index >= 15 is 0 Å². The number of benzene rings is 2. The number of primary amides is 1. The standard InChI is InChI=1S/C23H26N4O5/c1-31-21(29)11-17-10-18(27(23(17)30)12-20(24)28)13-32-19-8-6-15(7-9-19)14-2-4-16(5-3-14)22(25)26/h2-9,17-18H,10-13H2,1H3,(H2,24,28)(H3,25,26)/t17-,18-/m0/s1. The Labute approximate surface area is 185 Å². The number of likely N-dealkylation sites (tertiary alicyclic amines) is 1. The zero-order chi connectivity index (χ0) is 23.3. The lowest BCUT2D eigenvalue weighted by Crippen LogP contribution is -2.43. The van der Waals surface area contributed by atoms with Crippen LogP contribution in [-0.4, -0.2) is 54.8 Å². The summed E-state index contributed by atoms with van der Waals surface area (Å²) in [6.45, 7) is -0.0525. The van der Waals surface area contributed by atoms with Crippen LogP contribution in [0.5, 0.6) is 5.75 Å².